The van der Waals surface area contributed by atoms with Gasteiger partial charge in [0.2, 0.25) is 0 Å². The molecule has 2 heterocycles. The van der Waals surface area contributed by atoms with Crippen molar-refractivity contribution in [2.24, 2.45) is 0 Å². The monoisotopic (exact) mass is 404 g/mol. The molecule has 9 heteroatoms. The van der Waals surface area contributed by atoms with E-state index in [9.17, 15) is 9.59 Å². The van der Waals surface area contributed by atoms with Crippen LogP contribution in [0, 0.1) is 5.41 Å². The molecule has 0 saturated carbocycles. The number of carbonyl (C=O) groups excluding carboxylic acids is 1. The second-order valence-corrected chi connectivity index (χ2v) is 7.47. The van der Waals surface area contributed by atoms with Crippen molar-refractivity contribution < 1.29 is 24.2 Å². The van der Waals surface area contributed by atoms with Gasteiger partial charge in [-0.05, 0) is 30.7 Å². The molecule has 27 heavy (non-hydrogen) atoms. The molecule has 1 atom stereocenters. The number of carbonyl (C=O) groups is 2. The summed E-state index contributed by atoms with van der Waals surface area (Å²) in [5.74, 6) is -1.14. The van der Waals surface area contributed by atoms with E-state index in [2.05, 4.69) is 4.98 Å². The van der Waals surface area contributed by atoms with E-state index in [0.29, 0.717) is 33.6 Å². The molecule has 1 aromatic carbocycles. The van der Waals surface area contributed by atoms with E-state index in [1.165, 1.54) is 11.3 Å². The minimum absolute atomic E-state index is 0.149. The number of rotatable bonds is 7. The van der Waals surface area contributed by atoms with E-state index < -0.39 is 18.5 Å². The minimum atomic E-state index is -1.08. The van der Waals surface area contributed by atoms with Crippen molar-refractivity contribution in [3.05, 3.63) is 45.3 Å². The van der Waals surface area contributed by atoms with Gasteiger partial charge in [-0.3, -0.25) is 10.2 Å². The molecule has 0 radical (unpaired) electrons. The number of aromatic nitrogens is 1. The lowest BCUT2D eigenvalue weighted by atomic mass is 10.0. The highest BCUT2D eigenvalue weighted by Crippen LogP contribution is 2.41. The van der Waals surface area contributed by atoms with Crippen LogP contribution < -0.4 is 9.47 Å². The maximum absolute atomic E-state index is 12.7. The maximum atomic E-state index is 12.7. The second kappa shape index (κ2) is 8.36. The zero-order valence-corrected chi connectivity index (χ0v) is 15.9. The van der Waals surface area contributed by atoms with Gasteiger partial charge in [0.25, 0.3) is 0 Å². The number of thiazole rings is 1. The van der Waals surface area contributed by atoms with Crippen LogP contribution in [-0.2, 0) is 9.59 Å². The number of hydrogen-bond donors (Lipinski definition) is 2. The summed E-state index contributed by atoms with van der Waals surface area (Å²) in [5.41, 5.74) is 0.699. The van der Waals surface area contributed by atoms with Crippen LogP contribution in [0.15, 0.2) is 34.7 Å². The van der Waals surface area contributed by atoms with Gasteiger partial charge < -0.3 is 14.6 Å². The number of nitrogens with zero attached hydrogens (tertiary/aromatic N) is 1. The fraction of sp³-hybridized carbons (Fsp3) is 0.222. The van der Waals surface area contributed by atoms with E-state index in [1.807, 2.05) is 6.92 Å². The van der Waals surface area contributed by atoms with Crippen LogP contribution in [-0.4, -0.2) is 40.1 Å². The van der Waals surface area contributed by atoms with E-state index in [-0.39, 0.29) is 10.8 Å². The number of aliphatic carboxylic acids is 1. The molecule has 2 N–H and O–H groups in total. The lowest BCUT2D eigenvalue weighted by Crippen LogP contribution is -2.11. The molecule has 0 unspecified atom stereocenters. The SMILES string of the molecule is CCOc1cc(/C=C2\SC(=N)[C@H](c3nccs3)C2=O)ccc1OCC(=O)O. The number of thioether (sulfide) groups is 1. The third-order valence-electron chi connectivity index (χ3n) is 3.60. The first-order valence-corrected chi connectivity index (χ1v) is 9.72. The standard InChI is InChI=1S/C18H16N2O5S2/c1-2-24-12-7-10(3-4-11(12)25-9-14(21)22)8-13-16(23)15(17(19)27-13)18-20-5-6-26-18/h3-8,15,19H,2,9H2,1H3,(H,21,22)/b13-8-,19-17?/t15-/m1/s1. The number of ether oxygens (including phenoxy) is 2. The first-order valence-electron chi connectivity index (χ1n) is 8.02. The summed E-state index contributed by atoms with van der Waals surface area (Å²) in [4.78, 5) is 28.0. The van der Waals surface area contributed by atoms with Gasteiger partial charge in [0.1, 0.15) is 10.9 Å². The van der Waals surface area contributed by atoms with E-state index in [4.69, 9.17) is 20.0 Å². The summed E-state index contributed by atoms with van der Waals surface area (Å²) in [7, 11) is 0. The molecule has 1 fully saturated rings. The third kappa shape index (κ3) is 4.37. The number of carboxylic acids is 1. The summed E-state index contributed by atoms with van der Waals surface area (Å²) in [5, 5.41) is 19.5. The molecule has 1 saturated heterocycles. The third-order valence-corrected chi connectivity index (χ3v) is 5.44. The van der Waals surface area contributed by atoms with Gasteiger partial charge in [0.05, 0.1) is 16.6 Å². The van der Waals surface area contributed by atoms with E-state index in [1.54, 1.807) is 35.9 Å². The molecule has 7 nitrogen and oxygen atoms in total. The predicted octanol–water partition coefficient (Wildman–Crippen LogP) is 3.42. The molecule has 0 bridgehead atoms. The number of carboxylic acid groups (broad SMARTS) is 1. The van der Waals surface area contributed by atoms with Crippen LogP contribution in [0.3, 0.4) is 0 Å². The highest BCUT2D eigenvalue weighted by molar-refractivity contribution is 8.19. The summed E-state index contributed by atoms with van der Waals surface area (Å²) in [6.45, 7) is 1.72. The Kier molecular flexibility index (Phi) is 5.92. The van der Waals surface area contributed by atoms with Crippen LogP contribution in [0.1, 0.15) is 23.4 Å². The number of benzene rings is 1. The lowest BCUT2D eigenvalue weighted by Gasteiger charge is -2.11. The van der Waals surface area contributed by atoms with Crippen LogP contribution in [0.2, 0.25) is 0 Å². The highest BCUT2D eigenvalue weighted by Gasteiger charge is 2.38. The molecule has 1 aromatic heterocycles. The molecule has 140 valence electrons. The predicted molar refractivity (Wildman–Crippen MR) is 104 cm³/mol. The quantitative estimate of drug-likeness (QED) is 0.680. The fourth-order valence-electron chi connectivity index (χ4n) is 2.48. The Bertz CT molecular complexity index is 908. The van der Waals surface area contributed by atoms with Gasteiger partial charge in [0.15, 0.2) is 23.9 Å². The molecule has 3 rings (SSSR count). The average molecular weight is 404 g/mol. The van der Waals surface area contributed by atoms with Crippen LogP contribution in [0.25, 0.3) is 6.08 Å². The van der Waals surface area contributed by atoms with Crippen molar-refractivity contribution in [1.82, 2.24) is 4.98 Å². The molecule has 2 aromatic rings. The van der Waals surface area contributed by atoms with Gasteiger partial charge >= 0.3 is 5.97 Å². The summed E-state index contributed by atoms with van der Waals surface area (Å²) >= 11 is 2.48. The number of Topliss-reactive ketones (excluding diaryl/α,β-unsaturated/α-hetero) is 1. The van der Waals surface area contributed by atoms with Crippen molar-refractivity contribution in [3.8, 4) is 11.5 Å². The number of nitrogens with one attached hydrogen (secondary N) is 1. The van der Waals surface area contributed by atoms with E-state index in [0.717, 1.165) is 11.8 Å². The van der Waals surface area contributed by atoms with Crippen LogP contribution >= 0.6 is 23.1 Å². The Morgan fingerprint density at radius 1 is 1.37 bits per heavy atom. The first kappa shape index (κ1) is 19.1. The van der Waals surface area contributed by atoms with Gasteiger partial charge in [-0.15, -0.1) is 11.3 Å². The minimum Gasteiger partial charge on any atom is -0.490 e. The largest absolute Gasteiger partial charge is 0.490 e. The Morgan fingerprint density at radius 2 is 2.19 bits per heavy atom. The van der Waals surface area contributed by atoms with E-state index >= 15 is 0 Å². The number of ketones is 1. The summed E-state index contributed by atoms with van der Waals surface area (Å²) in [6, 6.07) is 5.00. The molecule has 0 spiro atoms. The Balaban J connectivity index is 1.86. The highest BCUT2D eigenvalue weighted by atomic mass is 32.2. The first-order chi connectivity index (χ1) is 13.0. The molecule has 0 aliphatic carbocycles. The summed E-state index contributed by atoms with van der Waals surface area (Å²) in [6.07, 6.45) is 3.32. The molecular weight excluding hydrogens is 388 g/mol. The molecule has 1 aliphatic rings. The Hall–Kier alpha value is -2.65. The van der Waals surface area contributed by atoms with Gasteiger partial charge in [-0.1, -0.05) is 17.8 Å². The summed E-state index contributed by atoms with van der Waals surface area (Å²) < 4.78 is 10.7. The van der Waals surface area contributed by atoms with Crippen molar-refractivity contribution in [2.45, 2.75) is 12.8 Å². The van der Waals surface area contributed by atoms with Crippen molar-refractivity contribution in [1.29, 1.82) is 5.41 Å². The van der Waals surface area contributed by atoms with Gasteiger partial charge in [-0.25, -0.2) is 9.78 Å². The van der Waals surface area contributed by atoms with Gasteiger partial charge in [-0.2, -0.15) is 0 Å². The fourth-order valence-corrected chi connectivity index (χ4v) is 4.29. The topological polar surface area (TPSA) is 110 Å². The van der Waals surface area contributed by atoms with Crippen molar-refractivity contribution in [3.63, 3.8) is 0 Å². The van der Waals surface area contributed by atoms with Crippen LogP contribution in [0.5, 0.6) is 11.5 Å². The number of hydrogen-bond acceptors (Lipinski definition) is 8. The van der Waals surface area contributed by atoms with Crippen LogP contribution in [0.4, 0.5) is 0 Å². The number of allylic oxidation sites excluding steroid dienone is 1. The Morgan fingerprint density at radius 3 is 2.85 bits per heavy atom. The average Bonchev–Trinajstić information content (AvgIpc) is 3.23. The lowest BCUT2D eigenvalue weighted by molar-refractivity contribution is -0.139. The smallest absolute Gasteiger partial charge is 0.341 e. The van der Waals surface area contributed by atoms with Gasteiger partial charge in [0, 0.05) is 11.6 Å². The second-order valence-electron chi connectivity index (χ2n) is 5.46. The Labute approximate surface area is 163 Å². The van der Waals surface area contributed by atoms with Crippen molar-refractivity contribution >= 4 is 46.0 Å². The van der Waals surface area contributed by atoms with Crippen molar-refractivity contribution in [2.75, 3.05) is 13.2 Å². The normalized spacial score (nSPS) is 18.1. The zero-order chi connectivity index (χ0) is 19.4. The molecule has 0 amide bonds. The molecule has 1 aliphatic heterocycles. The maximum Gasteiger partial charge on any atom is 0.341 e. The zero-order valence-electron chi connectivity index (χ0n) is 14.3. The molecular formula is C18H16N2O5S2.